The quantitative estimate of drug-likeness (QED) is 0.668. The summed E-state index contributed by atoms with van der Waals surface area (Å²) in [4.78, 5) is 2.37. The monoisotopic (exact) mass is 199 g/mol. The van der Waals surface area contributed by atoms with E-state index in [9.17, 15) is 0 Å². The molecule has 1 nitrogen and oxygen atoms in total. The smallest absolute Gasteiger partial charge is 0.00991 e. The Balaban J connectivity index is 4.32. The van der Waals surface area contributed by atoms with Gasteiger partial charge in [0, 0.05) is 6.04 Å². The van der Waals surface area contributed by atoms with Crippen LogP contribution in [0.25, 0.3) is 0 Å². The van der Waals surface area contributed by atoms with Gasteiger partial charge in [-0.1, -0.05) is 41.5 Å². The minimum atomic E-state index is 0.431. The van der Waals surface area contributed by atoms with Gasteiger partial charge in [-0.05, 0) is 37.8 Å². The molecule has 0 unspecified atom stereocenters. The average Bonchev–Trinajstić information content (AvgIpc) is 1.78. The largest absolute Gasteiger partial charge is 0.306 e. The fraction of sp³-hybridized carbons (Fsp3) is 1.00. The molecule has 0 rings (SSSR count). The van der Waals surface area contributed by atoms with Gasteiger partial charge < -0.3 is 4.90 Å². The second-order valence-electron chi connectivity index (χ2n) is 7.15. The highest BCUT2D eigenvalue weighted by Gasteiger charge is 2.24. The van der Waals surface area contributed by atoms with E-state index >= 15 is 0 Å². The molecule has 86 valence electrons. The lowest BCUT2D eigenvalue weighted by molar-refractivity contribution is 0.156. The molecule has 0 spiro atoms. The summed E-state index contributed by atoms with van der Waals surface area (Å²) in [6.07, 6.45) is 2.55. The highest BCUT2D eigenvalue weighted by atomic mass is 15.1. The number of rotatable bonds is 3. The summed E-state index contributed by atoms with van der Waals surface area (Å²) in [6.45, 7) is 14.0. The van der Waals surface area contributed by atoms with E-state index < -0.39 is 0 Å². The summed E-state index contributed by atoms with van der Waals surface area (Å²) in [6, 6.07) is 0.704. The molecule has 0 aliphatic heterocycles. The van der Waals surface area contributed by atoms with Crippen LogP contribution in [0.1, 0.15) is 54.4 Å². The van der Waals surface area contributed by atoms with Crippen LogP contribution in [0.5, 0.6) is 0 Å². The molecule has 0 N–H and O–H groups in total. The first-order valence-electron chi connectivity index (χ1n) is 5.68. The molecule has 0 aliphatic carbocycles. The van der Waals surface area contributed by atoms with Crippen LogP contribution in [0.4, 0.5) is 0 Å². The fourth-order valence-electron chi connectivity index (χ4n) is 1.85. The summed E-state index contributed by atoms with van der Waals surface area (Å²) < 4.78 is 0. The molecule has 14 heavy (non-hydrogen) atoms. The second-order valence-corrected chi connectivity index (χ2v) is 7.15. The topological polar surface area (TPSA) is 3.24 Å². The zero-order valence-electron chi connectivity index (χ0n) is 11.4. The zero-order chi connectivity index (χ0) is 11.6. The number of hydrogen-bond acceptors (Lipinski definition) is 1. The van der Waals surface area contributed by atoms with Crippen LogP contribution in [0.15, 0.2) is 0 Å². The van der Waals surface area contributed by atoms with Crippen molar-refractivity contribution in [1.29, 1.82) is 0 Å². The van der Waals surface area contributed by atoms with E-state index in [0.29, 0.717) is 16.9 Å². The Morgan fingerprint density at radius 1 is 0.786 bits per heavy atom. The third-order valence-corrected chi connectivity index (χ3v) is 2.43. The molecule has 0 aromatic carbocycles. The summed E-state index contributed by atoms with van der Waals surface area (Å²) in [7, 11) is 4.39. The van der Waals surface area contributed by atoms with Gasteiger partial charge in [0.25, 0.3) is 0 Å². The van der Waals surface area contributed by atoms with Crippen LogP contribution >= 0.6 is 0 Å². The molecule has 0 aromatic rings. The number of nitrogens with zero attached hydrogens (tertiary/aromatic N) is 1. The lowest BCUT2D eigenvalue weighted by Gasteiger charge is -2.35. The highest BCUT2D eigenvalue weighted by molar-refractivity contribution is 4.79. The first-order chi connectivity index (χ1) is 6.01. The fourth-order valence-corrected chi connectivity index (χ4v) is 1.85. The van der Waals surface area contributed by atoms with E-state index in [2.05, 4.69) is 60.5 Å². The van der Waals surface area contributed by atoms with Gasteiger partial charge in [0.1, 0.15) is 0 Å². The molecular weight excluding hydrogens is 170 g/mol. The molecule has 0 radical (unpaired) electrons. The van der Waals surface area contributed by atoms with Crippen LogP contribution in [-0.2, 0) is 0 Å². The summed E-state index contributed by atoms with van der Waals surface area (Å²) >= 11 is 0. The molecule has 0 aromatic heterocycles. The van der Waals surface area contributed by atoms with Crippen LogP contribution in [0.3, 0.4) is 0 Å². The lowest BCUT2D eigenvalue weighted by Crippen LogP contribution is -2.35. The average molecular weight is 199 g/mol. The molecular formula is C13H29N. The zero-order valence-corrected chi connectivity index (χ0v) is 11.4. The van der Waals surface area contributed by atoms with E-state index in [-0.39, 0.29) is 0 Å². The summed E-state index contributed by atoms with van der Waals surface area (Å²) in [5.41, 5.74) is 0.861. The van der Waals surface area contributed by atoms with Gasteiger partial charge in [-0.25, -0.2) is 0 Å². The van der Waals surface area contributed by atoms with E-state index in [1.807, 2.05) is 0 Å². The third-order valence-electron chi connectivity index (χ3n) is 2.43. The second kappa shape index (κ2) is 4.65. The van der Waals surface area contributed by atoms with E-state index in [4.69, 9.17) is 0 Å². The highest BCUT2D eigenvalue weighted by Crippen LogP contribution is 2.30. The van der Waals surface area contributed by atoms with Crippen molar-refractivity contribution in [1.82, 2.24) is 4.90 Å². The molecule has 0 amide bonds. The predicted molar refractivity (Wildman–Crippen MR) is 65.6 cm³/mol. The van der Waals surface area contributed by atoms with Crippen molar-refractivity contribution in [3.63, 3.8) is 0 Å². The van der Waals surface area contributed by atoms with Gasteiger partial charge >= 0.3 is 0 Å². The van der Waals surface area contributed by atoms with Crippen LogP contribution in [-0.4, -0.2) is 25.0 Å². The van der Waals surface area contributed by atoms with Gasteiger partial charge in [-0.15, -0.1) is 0 Å². The van der Waals surface area contributed by atoms with Crippen molar-refractivity contribution in [2.45, 2.75) is 60.4 Å². The van der Waals surface area contributed by atoms with Crippen molar-refractivity contribution in [2.24, 2.45) is 10.8 Å². The van der Waals surface area contributed by atoms with Crippen LogP contribution in [0.2, 0.25) is 0 Å². The summed E-state index contributed by atoms with van der Waals surface area (Å²) in [5, 5.41) is 0. The lowest BCUT2D eigenvalue weighted by atomic mass is 9.80. The van der Waals surface area contributed by atoms with Gasteiger partial charge in [0.05, 0.1) is 0 Å². The maximum absolute atomic E-state index is 2.37. The van der Waals surface area contributed by atoms with Crippen molar-refractivity contribution in [3.8, 4) is 0 Å². The van der Waals surface area contributed by atoms with Gasteiger partial charge in [-0.2, -0.15) is 0 Å². The Kier molecular flexibility index (Phi) is 4.64. The van der Waals surface area contributed by atoms with Gasteiger partial charge in [0.2, 0.25) is 0 Å². The Labute approximate surface area is 90.9 Å². The molecule has 0 saturated heterocycles. The molecule has 0 heterocycles. The van der Waals surface area contributed by atoms with Crippen molar-refractivity contribution >= 4 is 0 Å². The molecule has 0 fully saturated rings. The van der Waals surface area contributed by atoms with Gasteiger partial charge in [0.15, 0.2) is 0 Å². The van der Waals surface area contributed by atoms with Gasteiger partial charge in [-0.3, -0.25) is 0 Å². The minimum absolute atomic E-state index is 0.431. The van der Waals surface area contributed by atoms with Crippen molar-refractivity contribution < 1.29 is 0 Å². The van der Waals surface area contributed by atoms with E-state index in [1.54, 1.807) is 0 Å². The van der Waals surface area contributed by atoms with E-state index in [0.717, 1.165) is 0 Å². The van der Waals surface area contributed by atoms with Crippen LogP contribution in [0, 0.1) is 10.8 Å². The molecule has 0 atom stereocenters. The van der Waals surface area contributed by atoms with Crippen LogP contribution < -0.4 is 0 Å². The minimum Gasteiger partial charge on any atom is -0.306 e. The first-order valence-corrected chi connectivity index (χ1v) is 5.68. The first kappa shape index (κ1) is 14.0. The molecule has 1 heteroatoms. The standard InChI is InChI=1S/C13H29N/c1-12(2,3)9-11(14(7)8)10-13(4,5)6/h11H,9-10H2,1-8H3. The Hall–Kier alpha value is -0.0400. The molecule has 0 aliphatic rings. The third kappa shape index (κ3) is 7.37. The van der Waals surface area contributed by atoms with Crippen molar-refractivity contribution in [3.05, 3.63) is 0 Å². The molecule has 0 bridgehead atoms. The maximum Gasteiger partial charge on any atom is 0.00991 e. The van der Waals surface area contributed by atoms with Crippen molar-refractivity contribution in [2.75, 3.05) is 14.1 Å². The van der Waals surface area contributed by atoms with E-state index in [1.165, 1.54) is 12.8 Å². The normalized spacial score (nSPS) is 14.1. The SMILES string of the molecule is CN(C)C(CC(C)(C)C)CC(C)(C)C. The Bertz CT molecular complexity index is 141. The summed E-state index contributed by atoms with van der Waals surface area (Å²) in [5.74, 6) is 0. The Morgan fingerprint density at radius 3 is 1.21 bits per heavy atom. The predicted octanol–water partition coefficient (Wildman–Crippen LogP) is 3.79. The molecule has 0 saturated carbocycles. The Morgan fingerprint density at radius 2 is 1.07 bits per heavy atom. The maximum atomic E-state index is 2.37. The number of hydrogen-bond donors (Lipinski definition) is 0.